The third-order valence-corrected chi connectivity index (χ3v) is 2.87. The minimum absolute atomic E-state index is 0.503. The van der Waals surface area contributed by atoms with Gasteiger partial charge in [0, 0.05) is 24.6 Å². The summed E-state index contributed by atoms with van der Waals surface area (Å²) in [5.74, 6) is 0. The molecule has 2 rings (SSSR count). The number of ether oxygens (including phenoxy) is 2. The Balaban J connectivity index is 1.93. The highest BCUT2D eigenvalue weighted by molar-refractivity contribution is 7.09. The van der Waals surface area contributed by atoms with E-state index in [2.05, 4.69) is 21.2 Å². The van der Waals surface area contributed by atoms with Crippen molar-refractivity contribution in [3.63, 3.8) is 0 Å². The van der Waals surface area contributed by atoms with Crippen molar-refractivity contribution in [3.05, 3.63) is 0 Å². The van der Waals surface area contributed by atoms with Crippen molar-refractivity contribution in [3.8, 4) is 6.01 Å². The first-order valence-electron chi connectivity index (χ1n) is 5.19. The van der Waals surface area contributed by atoms with E-state index in [1.165, 1.54) is 11.5 Å². The number of anilines is 1. The monoisotopic (exact) mass is 229 g/mol. The van der Waals surface area contributed by atoms with Gasteiger partial charge < -0.3 is 14.4 Å². The van der Waals surface area contributed by atoms with Crippen LogP contribution in [0.1, 0.15) is 13.3 Å². The van der Waals surface area contributed by atoms with Crippen LogP contribution in [0.3, 0.4) is 0 Å². The van der Waals surface area contributed by atoms with E-state index in [0.717, 1.165) is 37.9 Å². The summed E-state index contributed by atoms with van der Waals surface area (Å²) in [7, 11) is 0. The van der Waals surface area contributed by atoms with Gasteiger partial charge in [0.2, 0.25) is 5.13 Å². The minimum atomic E-state index is 0.503. The summed E-state index contributed by atoms with van der Waals surface area (Å²) < 4.78 is 14.8. The van der Waals surface area contributed by atoms with Crippen molar-refractivity contribution in [2.75, 3.05) is 37.8 Å². The predicted molar refractivity (Wildman–Crippen MR) is 58.7 cm³/mol. The van der Waals surface area contributed by atoms with Crippen molar-refractivity contribution < 1.29 is 9.47 Å². The predicted octanol–water partition coefficient (Wildman–Crippen LogP) is 1.16. The molecule has 0 unspecified atom stereocenters. The molecule has 1 saturated heterocycles. The molecule has 15 heavy (non-hydrogen) atoms. The van der Waals surface area contributed by atoms with E-state index >= 15 is 0 Å². The standard InChI is InChI=1S/C9H15N3O2S/c1-2-5-14-8-10-9(15-11-8)12-3-6-13-7-4-12/h2-7H2,1H3. The van der Waals surface area contributed by atoms with Gasteiger partial charge in [0.15, 0.2) is 0 Å². The molecule has 0 spiro atoms. The molecule has 1 aromatic rings. The summed E-state index contributed by atoms with van der Waals surface area (Å²) in [5, 5.41) is 0.935. The highest BCUT2D eigenvalue weighted by atomic mass is 32.1. The van der Waals surface area contributed by atoms with Crippen LogP contribution in [-0.2, 0) is 4.74 Å². The summed E-state index contributed by atoms with van der Waals surface area (Å²) in [6.45, 7) is 6.06. The zero-order valence-corrected chi connectivity index (χ0v) is 9.63. The lowest BCUT2D eigenvalue weighted by Gasteiger charge is -2.25. The van der Waals surface area contributed by atoms with Crippen LogP contribution in [-0.4, -0.2) is 42.3 Å². The van der Waals surface area contributed by atoms with Gasteiger partial charge in [-0.2, -0.15) is 4.98 Å². The number of hydrogen-bond acceptors (Lipinski definition) is 6. The average molecular weight is 229 g/mol. The first kappa shape index (κ1) is 10.6. The third-order valence-electron chi connectivity index (χ3n) is 2.11. The number of hydrogen-bond donors (Lipinski definition) is 0. The summed E-state index contributed by atoms with van der Waals surface area (Å²) >= 11 is 1.39. The van der Waals surface area contributed by atoms with Gasteiger partial charge in [-0.1, -0.05) is 6.92 Å². The maximum absolute atomic E-state index is 5.36. The molecule has 0 saturated carbocycles. The fourth-order valence-electron chi connectivity index (χ4n) is 1.34. The van der Waals surface area contributed by atoms with Crippen molar-refractivity contribution in [1.29, 1.82) is 0 Å². The normalized spacial score (nSPS) is 16.7. The van der Waals surface area contributed by atoms with Crippen molar-refractivity contribution >= 4 is 16.7 Å². The maximum Gasteiger partial charge on any atom is 0.330 e. The second kappa shape index (κ2) is 5.27. The second-order valence-corrected chi connectivity index (χ2v) is 4.04. The fraction of sp³-hybridized carbons (Fsp3) is 0.778. The van der Waals surface area contributed by atoms with Gasteiger partial charge >= 0.3 is 6.01 Å². The van der Waals surface area contributed by atoms with Crippen molar-refractivity contribution in [2.24, 2.45) is 0 Å². The molecule has 0 N–H and O–H groups in total. The summed E-state index contributed by atoms with van der Waals surface area (Å²) in [6.07, 6.45) is 0.978. The summed E-state index contributed by atoms with van der Waals surface area (Å²) in [6, 6.07) is 0.503. The molecule has 0 radical (unpaired) electrons. The Hall–Kier alpha value is -0.880. The number of rotatable bonds is 4. The summed E-state index contributed by atoms with van der Waals surface area (Å²) in [4.78, 5) is 6.51. The Morgan fingerprint density at radius 3 is 3.00 bits per heavy atom. The lowest BCUT2D eigenvalue weighted by atomic mass is 10.5. The molecule has 0 bridgehead atoms. The van der Waals surface area contributed by atoms with Crippen LogP contribution < -0.4 is 9.64 Å². The molecule has 6 heteroatoms. The quantitative estimate of drug-likeness (QED) is 0.775. The Labute approximate surface area is 93.2 Å². The van der Waals surface area contributed by atoms with Gasteiger partial charge in [0.1, 0.15) is 0 Å². The Morgan fingerprint density at radius 1 is 1.47 bits per heavy atom. The van der Waals surface area contributed by atoms with Crippen LogP contribution in [0.4, 0.5) is 5.13 Å². The van der Waals surface area contributed by atoms with Crippen LogP contribution >= 0.6 is 11.5 Å². The Kier molecular flexibility index (Phi) is 3.74. The Morgan fingerprint density at radius 2 is 2.27 bits per heavy atom. The van der Waals surface area contributed by atoms with Crippen LogP contribution in [0, 0.1) is 0 Å². The third kappa shape index (κ3) is 2.79. The zero-order chi connectivity index (χ0) is 10.5. The van der Waals surface area contributed by atoms with Gasteiger partial charge in [0.05, 0.1) is 19.8 Å². The lowest BCUT2D eigenvalue weighted by molar-refractivity contribution is 0.122. The molecule has 0 aliphatic carbocycles. The van der Waals surface area contributed by atoms with Gasteiger partial charge in [-0.05, 0) is 6.42 Å². The molecule has 0 aromatic carbocycles. The summed E-state index contributed by atoms with van der Waals surface area (Å²) in [5.41, 5.74) is 0. The topological polar surface area (TPSA) is 47.5 Å². The number of morpholine rings is 1. The average Bonchev–Trinajstić information content (AvgIpc) is 2.76. The van der Waals surface area contributed by atoms with E-state index in [1.54, 1.807) is 0 Å². The molecule has 5 nitrogen and oxygen atoms in total. The minimum Gasteiger partial charge on any atom is -0.463 e. The van der Waals surface area contributed by atoms with E-state index in [-0.39, 0.29) is 0 Å². The molecular weight excluding hydrogens is 214 g/mol. The molecule has 1 aromatic heterocycles. The van der Waals surface area contributed by atoms with Crippen LogP contribution in [0.2, 0.25) is 0 Å². The first-order valence-corrected chi connectivity index (χ1v) is 5.96. The van der Waals surface area contributed by atoms with Gasteiger partial charge in [-0.25, -0.2) is 0 Å². The van der Waals surface area contributed by atoms with Crippen LogP contribution in [0.5, 0.6) is 6.01 Å². The van der Waals surface area contributed by atoms with E-state index in [1.807, 2.05) is 0 Å². The van der Waals surface area contributed by atoms with E-state index < -0.39 is 0 Å². The zero-order valence-electron chi connectivity index (χ0n) is 8.81. The highest BCUT2D eigenvalue weighted by Gasteiger charge is 2.15. The number of aromatic nitrogens is 2. The number of nitrogens with zero attached hydrogens (tertiary/aromatic N) is 3. The SMILES string of the molecule is CCCOc1nsc(N2CCOCC2)n1. The molecule has 0 atom stereocenters. The molecule has 84 valence electrons. The Bertz CT molecular complexity index is 299. The smallest absolute Gasteiger partial charge is 0.330 e. The van der Waals surface area contributed by atoms with Crippen LogP contribution in [0.25, 0.3) is 0 Å². The second-order valence-electron chi connectivity index (χ2n) is 3.31. The van der Waals surface area contributed by atoms with Gasteiger partial charge in [-0.15, -0.1) is 4.37 Å². The molecule has 2 heterocycles. The van der Waals surface area contributed by atoms with E-state index in [4.69, 9.17) is 9.47 Å². The molecule has 1 aliphatic heterocycles. The lowest BCUT2D eigenvalue weighted by Crippen LogP contribution is -2.36. The molecule has 1 aliphatic rings. The molecule has 1 fully saturated rings. The largest absolute Gasteiger partial charge is 0.463 e. The van der Waals surface area contributed by atoms with Crippen LogP contribution in [0.15, 0.2) is 0 Å². The van der Waals surface area contributed by atoms with Crippen molar-refractivity contribution in [2.45, 2.75) is 13.3 Å². The first-order chi connectivity index (χ1) is 7.40. The maximum atomic E-state index is 5.36. The van der Waals surface area contributed by atoms with Gasteiger partial charge in [0.25, 0.3) is 0 Å². The van der Waals surface area contributed by atoms with Crippen molar-refractivity contribution in [1.82, 2.24) is 9.36 Å². The van der Waals surface area contributed by atoms with E-state index in [9.17, 15) is 0 Å². The van der Waals surface area contributed by atoms with E-state index in [0.29, 0.717) is 12.6 Å². The molecular formula is C9H15N3O2S. The fourth-order valence-corrected chi connectivity index (χ4v) is 2.01. The van der Waals surface area contributed by atoms with Gasteiger partial charge in [-0.3, -0.25) is 0 Å². The molecule has 0 amide bonds. The highest BCUT2D eigenvalue weighted by Crippen LogP contribution is 2.21.